The molecule has 0 aliphatic rings. The number of oxazole rings is 1. The Balaban J connectivity index is 1.47. The molecule has 1 N–H and O–H groups in total. The number of hydrogen-bond acceptors (Lipinski definition) is 5. The number of para-hydroxylation sites is 2. The molecule has 1 amide bonds. The highest BCUT2D eigenvalue weighted by atomic mass is 79.9. The molecule has 4 aromatic carbocycles. The van der Waals surface area contributed by atoms with Crippen LogP contribution in [0.4, 0.5) is 10.1 Å². The Morgan fingerprint density at radius 3 is 2.58 bits per heavy atom. The summed E-state index contributed by atoms with van der Waals surface area (Å²) in [6.45, 7) is 1.71. The molecule has 0 fully saturated rings. The van der Waals surface area contributed by atoms with E-state index in [1.165, 1.54) is 12.1 Å². The Labute approximate surface area is 214 Å². The topological polar surface area (TPSA) is 81.4 Å². The predicted octanol–water partition coefficient (Wildman–Crippen LogP) is 7.12. The molecule has 0 aliphatic heterocycles. The summed E-state index contributed by atoms with van der Waals surface area (Å²) >= 11 is 3.18. The molecule has 0 aliphatic carbocycles. The molecule has 0 spiro atoms. The summed E-state index contributed by atoms with van der Waals surface area (Å²) < 4.78 is 26.3. The van der Waals surface area contributed by atoms with Crippen LogP contribution in [-0.2, 0) is 9.53 Å². The summed E-state index contributed by atoms with van der Waals surface area (Å²) in [6, 6.07) is 22.5. The van der Waals surface area contributed by atoms with Crippen LogP contribution in [0.1, 0.15) is 23.7 Å². The van der Waals surface area contributed by atoms with Crippen LogP contribution in [-0.4, -0.2) is 23.0 Å². The van der Waals surface area contributed by atoms with Gasteiger partial charge in [-0.15, -0.1) is 0 Å². The highest BCUT2D eigenvalue weighted by Crippen LogP contribution is 2.33. The molecule has 5 rings (SSSR count). The smallest absolute Gasteiger partial charge is 0.339 e. The maximum atomic E-state index is 14.2. The molecule has 8 heteroatoms. The molecule has 5 aromatic rings. The van der Waals surface area contributed by atoms with Crippen molar-refractivity contribution in [2.24, 2.45) is 0 Å². The van der Waals surface area contributed by atoms with E-state index in [1.807, 2.05) is 48.5 Å². The van der Waals surface area contributed by atoms with Crippen molar-refractivity contribution in [2.75, 3.05) is 5.32 Å². The maximum absolute atomic E-state index is 14.2. The van der Waals surface area contributed by atoms with Gasteiger partial charge < -0.3 is 14.5 Å². The van der Waals surface area contributed by atoms with Gasteiger partial charge in [0, 0.05) is 15.4 Å². The van der Waals surface area contributed by atoms with Crippen molar-refractivity contribution >= 4 is 55.4 Å². The molecule has 180 valence electrons. The average molecular weight is 547 g/mol. The molecule has 36 heavy (non-hydrogen) atoms. The van der Waals surface area contributed by atoms with E-state index in [4.69, 9.17) is 9.15 Å². The number of nitrogens with one attached hydrogen (secondary N) is 1. The Bertz CT molecular complexity index is 1580. The number of rotatable bonds is 6. The number of ether oxygens (including phenoxy) is 1. The Kier molecular flexibility index (Phi) is 6.52. The van der Waals surface area contributed by atoms with Gasteiger partial charge in [0.1, 0.15) is 11.3 Å². The number of carbonyl (C=O) groups excluding carboxylic acids is 2. The van der Waals surface area contributed by atoms with Gasteiger partial charge in [0.15, 0.2) is 11.7 Å². The Morgan fingerprint density at radius 2 is 1.83 bits per heavy atom. The number of hydrogen-bond donors (Lipinski definition) is 1. The van der Waals surface area contributed by atoms with Crippen LogP contribution in [0.15, 0.2) is 87.8 Å². The summed E-state index contributed by atoms with van der Waals surface area (Å²) in [7, 11) is 0. The van der Waals surface area contributed by atoms with Gasteiger partial charge in [0.05, 0.1) is 11.3 Å². The van der Waals surface area contributed by atoms with Gasteiger partial charge in [-0.3, -0.25) is 4.79 Å². The normalized spacial score (nSPS) is 12.0. The van der Waals surface area contributed by atoms with Crippen LogP contribution in [0.3, 0.4) is 0 Å². The Morgan fingerprint density at radius 1 is 1.06 bits per heavy atom. The minimum absolute atomic E-state index is 0.00102. The fraction of sp³-hybridized carbons (Fsp3) is 0.107. The number of carbonyl (C=O) groups is 2. The quantitative estimate of drug-likeness (QED) is 0.229. The summed E-state index contributed by atoms with van der Waals surface area (Å²) in [5.74, 6) is -1.53. The standard InChI is InChI=1S/C28H20BrFN2O4/c1-2-23(26(33)31-21-14-13-17(29)15-20(21)30)36-28(34)19-10-6-8-16-7-5-9-18(25(16)19)27-32-22-11-3-4-12-24(22)35-27/h3-15,23H,2H2,1H3,(H,31,33). The fourth-order valence-corrected chi connectivity index (χ4v) is 4.33. The Hall–Kier alpha value is -4.04. The number of anilines is 1. The first kappa shape index (κ1) is 23.7. The molecule has 1 heterocycles. The van der Waals surface area contributed by atoms with E-state index in [2.05, 4.69) is 26.2 Å². The zero-order valence-electron chi connectivity index (χ0n) is 19.1. The fourth-order valence-electron chi connectivity index (χ4n) is 4.00. The summed E-state index contributed by atoms with van der Waals surface area (Å²) in [5, 5.41) is 3.89. The third-order valence-electron chi connectivity index (χ3n) is 5.75. The van der Waals surface area contributed by atoms with E-state index in [9.17, 15) is 14.0 Å². The second-order valence-corrected chi connectivity index (χ2v) is 9.03. The lowest BCUT2D eigenvalue weighted by atomic mass is 9.99. The van der Waals surface area contributed by atoms with E-state index >= 15 is 0 Å². The van der Waals surface area contributed by atoms with Crippen molar-refractivity contribution in [3.63, 3.8) is 0 Å². The number of fused-ring (bicyclic) bond motifs is 2. The first-order valence-corrected chi connectivity index (χ1v) is 12.1. The molecular formula is C28H20BrFN2O4. The van der Waals surface area contributed by atoms with Crippen molar-refractivity contribution in [3.8, 4) is 11.5 Å². The monoisotopic (exact) mass is 546 g/mol. The second kappa shape index (κ2) is 9.91. The largest absolute Gasteiger partial charge is 0.449 e. The molecule has 0 saturated heterocycles. The lowest BCUT2D eigenvalue weighted by Gasteiger charge is -2.17. The molecule has 0 saturated carbocycles. The van der Waals surface area contributed by atoms with E-state index < -0.39 is 23.8 Å². The average Bonchev–Trinajstić information content (AvgIpc) is 3.32. The minimum atomic E-state index is -1.12. The van der Waals surface area contributed by atoms with Crippen molar-refractivity contribution in [1.29, 1.82) is 0 Å². The molecule has 6 nitrogen and oxygen atoms in total. The van der Waals surface area contributed by atoms with Gasteiger partial charge in [0.25, 0.3) is 5.91 Å². The van der Waals surface area contributed by atoms with Crippen molar-refractivity contribution in [3.05, 3.63) is 94.7 Å². The minimum Gasteiger partial charge on any atom is -0.449 e. The molecule has 0 bridgehead atoms. The van der Waals surface area contributed by atoms with E-state index in [0.29, 0.717) is 32.4 Å². The van der Waals surface area contributed by atoms with Crippen molar-refractivity contribution in [1.82, 2.24) is 4.98 Å². The van der Waals surface area contributed by atoms with Gasteiger partial charge in [-0.1, -0.05) is 59.3 Å². The molecule has 0 radical (unpaired) electrons. The van der Waals surface area contributed by atoms with Crippen molar-refractivity contribution in [2.45, 2.75) is 19.4 Å². The highest BCUT2D eigenvalue weighted by Gasteiger charge is 2.25. The van der Waals surface area contributed by atoms with Gasteiger partial charge in [-0.2, -0.15) is 0 Å². The summed E-state index contributed by atoms with van der Waals surface area (Å²) in [4.78, 5) is 30.7. The lowest BCUT2D eigenvalue weighted by molar-refractivity contribution is -0.124. The third-order valence-corrected chi connectivity index (χ3v) is 6.24. The van der Waals surface area contributed by atoms with E-state index in [1.54, 1.807) is 25.1 Å². The van der Waals surface area contributed by atoms with Crippen LogP contribution in [0, 0.1) is 5.82 Å². The van der Waals surface area contributed by atoms with Gasteiger partial charge in [0.2, 0.25) is 5.89 Å². The number of aromatic nitrogens is 1. The zero-order valence-corrected chi connectivity index (χ0v) is 20.7. The van der Waals surface area contributed by atoms with Crippen molar-refractivity contribution < 1.29 is 23.1 Å². The van der Waals surface area contributed by atoms with Crippen LogP contribution in [0.25, 0.3) is 33.3 Å². The van der Waals surface area contributed by atoms with Crippen LogP contribution in [0.5, 0.6) is 0 Å². The van der Waals surface area contributed by atoms with Crippen LogP contribution in [0.2, 0.25) is 0 Å². The van der Waals surface area contributed by atoms with Gasteiger partial charge >= 0.3 is 5.97 Å². The number of nitrogens with zero attached hydrogens (tertiary/aromatic N) is 1. The first-order valence-electron chi connectivity index (χ1n) is 11.3. The van der Waals surface area contributed by atoms with E-state index in [0.717, 1.165) is 5.39 Å². The summed E-state index contributed by atoms with van der Waals surface area (Å²) in [5.41, 5.74) is 2.23. The number of benzene rings is 4. The SMILES string of the molecule is CCC(OC(=O)c1cccc2cccc(-c3nc4ccccc4o3)c12)C(=O)Nc1ccc(Br)cc1F. The van der Waals surface area contributed by atoms with Crippen LogP contribution >= 0.6 is 15.9 Å². The molecule has 1 atom stereocenters. The molecule has 1 unspecified atom stereocenters. The van der Waals surface area contributed by atoms with Gasteiger partial charge in [-0.25, -0.2) is 14.2 Å². The first-order chi connectivity index (χ1) is 17.4. The number of halogens is 2. The molecule has 1 aromatic heterocycles. The highest BCUT2D eigenvalue weighted by molar-refractivity contribution is 9.10. The third kappa shape index (κ3) is 4.59. The zero-order chi connectivity index (χ0) is 25.2. The van der Waals surface area contributed by atoms with E-state index in [-0.39, 0.29) is 17.7 Å². The van der Waals surface area contributed by atoms with Crippen LogP contribution < -0.4 is 5.32 Å². The predicted molar refractivity (Wildman–Crippen MR) is 139 cm³/mol. The number of amides is 1. The maximum Gasteiger partial charge on any atom is 0.339 e. The van der Waals surface area contributed by atoms with Gasteiger partial charge in [-0.05, 0) is 54.3 Å². The molecular weight excluding hydrogens is 527 g/mol. The number of esters is 1. The summed E-state index contributed by atoms with van der Waals surface area (Å²) in [6.07, 6.45) is -0.911. The second-order valence-electron chi connectivity index (χ2n) is 8.11. The lowest BCUT2D eigenvalue weighted by Crippen LogP contribution is -2.32.